The van der Waals surface area contributed by atoms with E-state index in [-0.39, 0.29) is 5.41 Å². The Morgan fingerprint density at radius 2 is 2.12 bits per heavy atom. The molecule has 0 saturated heterocycles. The third-order valence-electron chi connectivity index (χ3n) is 4.60. The lowest BCUT2D eigenvalue weighted by atomic mass is 9.58. The van der Waals surface area contributed by atoms with Crippen molar-refractivity contribution in [2.45, 2.75) is 50.0 Å². The van der Waals surface area contributed by atoms with Crippen LogP contribution in [-0.4, -0.2) is 15.7 Å². The molecular weight excluding hydrogens is 210 g/mol. The molecule has 2 aliphatic rings. The highest BCUT2D eigenvalue weighted by atomic mass is 16.3. The molecule has 0 radical (unpaired) electrons. The zero-order valence-electron chi connectivity index (χ0n) is 10.3. The molecular formula is C15H19NO. The molecule has 1 aromatic heterocycles. The molecule has 1 N–H and O–H groups in total. The Morgan fingerprint density at radius 1 is 1.29 bits per heavy atom. The molecule has 0 aliphatic heterocycles. The summed E-state index contributed by atoms with van der Waals surface area (Å²) >= 11 is 0. The van der Waals surface area contributed by atoms with Crippen molar-refractivity contribution in [1.29, 1.82) is 0 Å². The topological polar surface area (TPSA) is 33.1 Å². The number of fused-ring (bicyclic) bond motifs is 2. The van der Waals surface area contributed by atoms with Crippen molar-refractivity contribution in [3.05, 3.63) is 35.7 Å². The van der Waals surface area contributed by atoms with Gasteiger partial charge in [-0.05, 0) is 37.8 Å². The van der Waals surface area contributed by atoms with Crippen LogP contribution in [0.25, 0.3) is 6.08 Å². The van der Waals surface area contributed by atoms with Gasteiger partial charge in [-0.1, -0.05) is 31.1 Å². The van der Waals surface area contributed by atoms with E-state index in [1.54, 1.807) is 0 Å². The van der Waals surface area contributed by atoms with Crippen LogP contribution in [0.1, 0.15) is 50.3 Å². The van der Waals surface area contributed by atoms with Gasteiger partial charge >= 0.3 is 0 Å². The lowest BCUT2D eigenvalue weighted by Crippen LogP contribution is -2.53. The van der Waals surface area contributed by atoms with Crippen LogP contribution in [0, 0.1) is 0 Å². The summed E-state index contributed by atoms with van der Waals surface area (Å²) in [5.41, 5.74) is 1.50. The van der Waals surface area contributed by atoms with Crippen LogP contribution >= 0.6 is 0 Å². The van der Waals surface area contributed by atoms with Gasteiger partial charge < -0.3 is 5.11 Å². The van der Waals surface area contributed by atoms with E-state index in [4.69, 9.17) is 0 Å². The highest BCUT2D eigenvalue weighted by Gasteiger charge is 2.51. The molecule has 2 aliphatic carbocycles. The van der Waals surface area contributed by atoms with Crippen LogP contribution < -0.4 is 0 Å². The first kappa shape index (κ1) is 11.0. The Kier molecular flexibility index (Phi) is 2.37. The molecule has 2 nitrogen and oxygen atoms in total. The van der Waals surface area contributed by atoms with E-state index in [0.717, 1.165) is 31.4 Å². The van der Waals surface area contributed by atoms with E-state index in [1.807, 2.05) is 19.2 Å². The summed E-state index contributed by atoms with van der Waals surface area (Å²) in [7, 11) is 0. The van der Waals surface area contributed by atoms with Gasteiger partial charge in [-0.2, -0.15) is 0 Å². The van der Waals surface area contributed by atoms with E-state index >= 15 is 0 Å². The Hall–Kier alpha value is -1.15. The fraction of sp³-hybridized carbons (Fsp3) is 0.533. The molecule has 17 heavy (non-hydrogen) atoms. The predicted molar refractivity (Wildman–Crippen MR) is 68.7 cm³/mol. The van der Waals surface area contributed by atoms with Crippen molar-refractivity contribution in [2.75, 3.05) is 0 Å². The molecule has 0 amide bonds. The normalized spacial score (nSPS) is 35.9. The minimum absolute atomic E-state index is 0.156. The van der Waals surface area contributed by atoms with Crippen LogP contribution in [0.5, 0.6) is 0 Å². The number of hydrogen-bond acceptors (Lipinski definition) is 2. The van der Waals surface area contributed by atoms with Crippen molar-refractivity contribution in [2.24, 2.45) is 0 Å². The number of allylic oxidation sites excluding steroid dienone is 1. The average Bonchev–Trinajstić information content (AvgIpc) is 2.33. The predicted octanol–water partition coefficient (Wildman–Crippen LogP) is 3.06. The summed E-state index contributed by atoms with van der Waals surface area (Å²) < 4.78 is 0. The Balaban J connectivity index is 2.17. The number of pyridine rings is 1. The van der Waals surface area contributed by atoms with Crippen molar-refractivity contribution >= 4 is 6.08 Å². The van der Waals surface area contributed by atoms with E-state index in [0.29, 0.717) is 0 Å². The first-order valence-corrected chi connectivity index (χ1v) is 6.50. The summed E-state index contributed by atoms with van der Waals surface area (Å²) in [6.45, 7) is 1.99. The number of aliphatic hydroxyl groups is 1. The third-order valence-corrected chi connectivity index (χ3v) is 4.60. The zero-order chi connectivity index (χ0) is 11.9. The monoisotopic (exact) mass is 229 g/mol. The average molecular weight is 229 g/mol. The summed E-state index contributed by atoms with van der Waals surface area (Å²) in [6.07, 6.45) is 11.4. The van der Waals surface area contributed by atoms with Crippen LogP contribution in [-0.2, 0) is 5.41 Å². The quantitative estimate of drug-likeness (QED) is 0.741. The van der Waals surface area contributed by atoms with Gasteiger partial charge in [0.1, 0.15) is 0 Å². The van der Waals surface area contributed by atoms with E-state index in [2.05, 4.69) is 23.2 Å². The van der Waals surface area contributed by atoms with Gasteiger partial charge in [0, 0.05) is 11.6 Å². The van der Waals surface area contributed by atoms with Gasteiger partial charge in [-0.3, -0.25) is 4.98 Å². The third kappa shape index (κ3) is 1.47. The summed E-state index contributed by atoms with van der Waals surface area (Å²) in [5, 5.41) is 10.8. The largest absolute Gasteiger partial charge is 0.389 e. The van der Waals surface area contributed by atoms with Gasteiger partial charge in [-0.25, -0.2) is 0 Å². The van der Waals surface area contributed by atoms with Crippen LogP contribution in [0.2, 0.25) is 0 Å². The molecule has 3 rings (SSSR count). The number of hydrogen-bond donors (Lipinski definition) is 1. The van der Waals surface area contributed by atoms with Gasteiger partial charge in [0.2, 0.25) is 0 Å². The van der Waals surface area contributed by atoms with Crippen molar-refractivity contribution in [1.82, 2.24) is 4.98 Å². The van der Waals surface area contributed by atoms with Gasteiger partial charge in [-0.15, -0.1) is 0 Å². The lowest BCUT2D eigenvalue weighted by molar-refractivity contribution is -0.0568. The molecule has 90 valence electrons. The summed E-state index contributed by atoms with van der Waals surface area (Å²) in [6, 6.07) is 4.07. The maximum atomic E-state index is 10.8. The molecule has 0 unspecified atom stereocenters. The number of nitrogens with zero attached hydrogens (tertiary/aromatic N) is 1. The van der Waals surface area contributed by atoms with Crippen LogP contribution in [0.15, 0.2) is 24.4 Å². The first-order chi connectivity index (χ1) is 8.16. The van der Waals surface area contributed by atoms with E-state index < -0.39 is 5.60 Å². The zero-order valence-corrected chi connectivity index (χ0v) is 10.3. The Morgan fingerprint density at radius 3 is 2.94 bits per heavy atom. The molecule has 2 heteroatoms. The number of rotatable bonds is 0. The fourth-order valence-electron chi connectivity index (χ4n) is 3.54. The van der Waals surface area contributed by atoms with E-state index in [9.17, 15) is 5.11 Å². The second-order valence-electron chi connectivity index (χ2n) is 5.61. The van der Waals surface area contributed by atoms with Gasteiger partial charge in [0.05, 0.1) is 11.3 Å². The Labute approximate surface area is 102 Å². The second kappa shape index (κ2) is 3.67. The molecule has 1 spiro atoms. The highest BCUT2D eigenvalue weighted by molar-refractivity contribution is 5.58. The lowest BCUT2D eigenvalue weighted by Gasteiger charge is -2.49. The van der Waals surface area contributed by atoms with Crippen molar-refractivity contribution < 1.29 is 5.11 Å². The number of aromatic nitrogens is 1. The molecule has 0 bridgehead atoms. The second-order valence-corrected chi connectivity index (χ2v) is 5.61. The van der Waals surface area contributed by atoms with Crippen LogP contribution in [0.4, 0.5) is 0 Å². The first-order valence-electron chi connectivity index (χ1n) is 6.50. The minimum Gasteiger partial charge on any atom is -0.389 e. The van der Waals surface area contributed by atoms with Crippen LogP contribution in [0.3, 0.4) is 0 Å². The molecule has 2 atom stereocenters. The standard InChI is InChI=1S/C15H19NO/c1-14(17)8-2-3-9-15(14)10-4-6-12-7-5-11-16-13(12)15/h4-7,11,17H,2-3,8-10H2,1H3/t14-,15+/m0/s1. The minimum atomic E-state index is -0.626. The molecule has 1 fully saturated rings. The molecule has 1 heterocycles. The molecule has 0 aromatic carbocycles. The summed E-state index contributed by atoms with van der Waals surface area (Å²) in [5.74, 6) is 0. The van der Waals surface area contributed by atoms with Gasteiger partial charge in [0.15, 0.2) is 0 Å². The summed E-state index contributed by atoms with van der Waals surface area (Å²) in [4.78, 5) is 4.58. The smallest absolute Gasteiger partial charge is 0.0734 e. The van der Waals surface area contributed by atoms with Gasteiger partial charge in [0.25, 0.3) is 0 Å². The van der Waals surface area contributed by atoms with Crippen molar-refractivity contribution in [3.8, 4) is 0 Å². The maximum absolute atomic E-state index is 10.8. The fourth-order valence-corrected chi connectivity index (χ4v) is 3.54. The molecule has 1 saturated carbocycles. The van der Waals surface area contributed by atoms with Crippen molar-refractivity contribution in [3.63, 3.8) is 0 Å². The highest BCUT2D eigenvalue weighted by Crippen LogP contribution is 2.50. The van der Waals surface area contributed by atoms with E-state index in [1.165, 1.54) is 12.0 Å². The molecule has 1 aromatic rings. The Bertz CT molecular complexity index is 464. The maximum Gasteiger partial charge on any atom is 0.0734 e. The SMILES string of the molecule is C[C@]1(O)CCCC[C@]12CC=Cc1cccnc12.